The molecule has 0 bridgehead atoms. The normalized spacial score (nSPS) is 10.3. The lowest BCUT2D eigenvalue weighted by Crippen LogP contribution is -2.01. The highest BCUT2D eigenvalue weighted by molar-refractivity contribution is 6.33. The van der Waals surface area contributed by atoms with Crippen LogP contribution in [0.1, 0.15) is 5.56 Å². The number of benzene rings is 2. The summed E-state index contributed by atoms with van der Waals surface area (Å²) in [6.07, 6.45) is 0. The minimum absolute atomic E-state index is 0.0999. The van der Waals surface area contributed by atoms with Gasteiger partial charge in [-0.1, -0.05) is 29.3 Å². The van der Waals surface area contributed by atoms with Gasteiger partial charge in [-0.2, -0.15) is 0 Å². The van der Waals surface area contributed by atoms with E-state index in [0.29, 0.717) is 28.8 Å². The molecule has 0 unspecified atom stereocenters. The maximum Gasteiger partial charge on any atom is 0.162 e. The average Bonchev–Trinajstić information content (AvgIpc) is 2.49. The Bertz CT molecular complexity index is 650. The third-order valence-electron chi connectivity index (χ3n) is 2.94. The van der Waals surface area contributed by atoms with Gasteiger partial charge in [0.15, 0.2) is 11.5 Å². The van der Waals surface area contributed by atoms with Crippen LogP contribution in [0.25, 0.3) is 0 Å². The van der Waals surface area contributed by atoms with E-state index >= 15 is 0 Å². The number of ether oxygens (including phenoxy) is 2. The summed E-state index contributed by atoms with van der Waals surface area (Å²) in [7, 11) is 3.09. The molecule has 0 saturated carbocycles. The fraction of sp³-hybridized carbons (Fsp3) is 0.200. The summed E-state index contributed by atoms with van der Waals surface area (Å²) in [5.74, 6) is 0.659. The summed E-state index contributed by atoms with van der Waals surface area (Å²) in [4.78, 5) is 0. The van der Waals surface area contributed by atoms with Gasteiger partial charge in [0.25, 0.3) is 0 Å². The smallest absolute Gasteiger partial charge is 0.162 e. The molecule has 0 aliphatic carbocycles. The summed E-state index contributed by atoms with van der Waals surface area (Å²) in [5, 5.41) is 3.71. The molecule has 0 radical (unpaired) electrons. The largest absolute Gasteiger partial charge is 0.493 e. The van der Waals surface area contributed by atoms with Gasteiger partial charge in [-0.3, -0.25) is 0 Å². The molecule has 0 fully saturated rings. The molecule has 3 nitrogen and oxygen atoms in total. The molecule has 0 saturated heterocycles. The maximum atomic E-state index is 13.4. The van der Waals surface area contributed by atoms with E-state index in [4.69, 9.17) is 32.7 Å². The number of nitrogens with one attached hydrogen (secondary N) is 1. The van der Waals surface area contributed by atoms with Crippen LogP contribution in [0.4, 0.5) is 10.1 Å². The molecular weight excluding hydrogens is 316 g/mol. The highest BCUT2D eigenvalue weighted by atomic mass is 35.5. The summed E-state index contributed by atoms with van der Waals surface area (Å²) < 4.78 is 23.8. The third kappa shape index (κ3) is 3.71. The van der Waals surface area contributed by atoms with Crippen molar-refractivity contribution in [3.8, 4) is 11.5 Å². The van der Waals surface area contributed by atoms with Crippen molar-refractivity contribution >= 4 is 28.9 Å². The van der Waals surface area contributed by atoms with Gasteiger partial charge in [0, 0.05) is 18.7 Å². The number of methoxy groups -OCH3 is 2. The molecule has 0 amide bonds. The zero-order chi connectivity index (χ0) is 15.4. The Hall–Kier alpha value is -1.65. The molecule has 0 aromatic heterocycles. The van der Waals surface area contributed by atoms with Crippen molar-refractivity contribution in [1.29, 1.82) is 0 Å². The number of halogens is 3. The molecule has 6 heteroatoms. The Labute approximate surface area is 132 Å². The first kappa shape index (κ1) is 15.7. The van der Waals surface area contributed by atoms with Crippen LogP contribution in [0.15, 0.2) is 30.3 Å². The first-order valence-electron chi connectivity index (χ1n) is 6.14. The number of hydrogen-bond donors (Lipinski definition) is 1. The SMILES string of the molecule is COc1cc(Cl)c(NCc2ccc(Cl)c(F)c2)cc1OC. The van der Waals surface area contributed by atoms with Crippen molar-refractivity contribution in [2.75, 3.05) is 19.5 Å². The highest BCUT2D eigenvalue weighted by Gasteiger charge is 2.10. The van der Waals surface area contributed by atoms with Crippen molar-refractivity contribution in [3.05, 3.63) is 51.8 Å². The first-order chi connectivity index (χ1) is 10.0. The van der Waals surface area contributed by atoms with Crippen LogP contribution in [0.2, 0.25) is 10.0 Å². The predicted molar refractivity (Wildman–Crippen MR) is 83.3 cm³/mol. The Kier molecular flexibility index (Phi) is 5.15. The molecule has 0 heterocycles. The zero-order valence-electron chi connectivity index (χ0n) is 11.5. The fourth-order valence-electron chi connectivity index (χ4n) is 1.84. The maximum absolute atomic E-state index is 13.4. The lowest BCUT2D eigenvalue weighted by atomic mass is 10.2. The van der Waals surface area contributed by atoms with Crippen LogP contribution in [0.3, 0.4) is 0 Å². The van der Waals surface area contributed by atoms with E-state index in [0.717, 1.165) is 5.56 Å². The zero-order valence-corrected chi connectivity index (χ0v) is 13.1. The predicted octanol–water partition coefficient (Wildman–Crippen LogP) is 4.76. The summed E-state index contributed by atoms with van der Waals surface area (Å²) >= 11 is 11.8. The Morgan fingerprint density at radius 2 is 1.67 bits per heavy atom. The molecule has 2 rings (SSSR count). The standard InChI is InChI=1S/C15H14Cl2FNO2/c1-20-14-6-11(17)13(7-15(14)21-2)19-8-9-3-4-10(16)12(18)5-9/h3-7,19H,8H2,1-2H3. The molecule has 0 aliphatic heterocycles. The second-order valence-corrected chi connectivity index (χ2v) is 5.10. The monoisotopic (exact) mass is 329 g/mol. The van der Waals surface area contributed by atoms with Gasteiger partial charge in [0.05, 0.1) is 30.0 Å². The van der Waals surface area contributed by atoms with Crippen molar-refractivity contribution in [1.82, 2.24) is 0 Å². The fourth-order valence-corrected chi connectivity index (χ4v) is 2.17. The van der Waals surface area contributed by atoms with Crippen molar-refractivity contribution in [2.24, 2.45) is 0 Å². The van der Waals surface area contributed by atoms with E-state index in [2.05, 4.69) is 5.32 Å². The highest BCUT2D eigenvalue weighted by Crippen LogP contribution is 2.36. The van der Waals surface area contributed by atoms with Crippen molar-refractivity contribution < 1.29 is 13.9 Å². The Balaban J connectivity index is 2.17. The minimum Gasteiger partial charge on any atom is -0.493 e. The van der Waals surface area contributed by atoms with E-state index in [1.165, 1.54) is 19.2 Å². The molecule has 1 N–H and O–H groups in total. The lowest BCUT2D eigenvalue weighted by Gasteiger charge is -2.13. The van der Waals surface area contributed by atoms with E-state index in [1.54, 1.807) is 25.3 Å². The van der Waals surface area contributed by atoms with E-state index in [-0.39, 0.29) is 5.02 Å². The first-order valence-corrected chi connectivity index (χ1v) is 6.90. The molecule has 0 spiro atoms. The summed E-state index contributed by atoms with van der Waals surface area (Å²) in [5.41, 5.74) is 1.42. The number of rotatable bonds is 5. The van der Waals surface area contributed by atoms with Crippen LogP contribution in [-0.4, -0.2) is 14.2 Å². The quantitative estimate of drug-likeness (QED) is 0.857. The molecule has 2 aromatic carbocycles. The van der Waals surface area contributed by atoms with E-state index < -0.39 is 5.82 Å². The molecule has 0 atom stereocenters. The van der Waals surface area contributed by atoms with Crippen LogP contribution >= 0.6 is 23.2 Å². The number of anilines is 1. The summed E-state index contributed by atoms with van der Waals surface area (Å²) in [6, 6.07) is 8.03. The van der Waals surface area contributed by atoms with Crippen molar-refractivity contribution in [2.45, 2.75) is 6.54 Å². The lowest BCUT2D eigenvalue weighted by molar-refractivity contribution is 0.355. The van der Waals surface area contributed by atoms with Crippen LogP contribution in [0.5, 0.6) is 11.5 Å². The van der Waals surface area contributed by atoms with Crippen molar-refractivity contribution in [3.63, 3.8) is 0 Å². The van der Waals surface area contributed by atoms with Gasteiger partial charge >= 0.3 is 0 Å². The Morgan fingerprint density at radius 3 is 2.29 bits per heavy atom. The van der Waals surface area contributed by atoms with Gasteiger partial charge in [-0.15, -0.1) is 0 Å². The molecule has 2 aromatic rings. The minimum atomic E-state index is -0.450. The van der Waals surface area contributed by atoms with Gasteiger partial charge in [0.2, 0.25) is 0 Å². The molecule has 0 aliphatic rings. The second kappa shape index (κ2) is 6.87. The average molecular weight is 330 g/mol. The van der Waals surface area contributed by atoms with E-state index in [1.807, 2.05) is 0 Å². The number of hydrogen-bond acceptors (Lipinski definition) is 3. The Morgan fingerprint density at radius 1 is 1.00 bits per heavy atom. The van der Waals surface area contributed by atoms with Gasteiger partial charge < -0.3 is 14.8 Å². The van der Waals surface area contributed by atoms with Gasteiger partial charge in [-0.05, 0) is 17.7 Å². The van der Waals surface area contributed by atoms with Crippen LogP contribution < -0.4 is 14.8 Å². The van der Waals surface area contributed by atoms with Gasteiger partial charge in [0.1, 0.15) is 5.82 Å². The summed E-state index contributed by atoms with van der Waals surface area (Å²) in [6.45, 7) is 0.406. The molecular formula is C15H14Cl2FNO2. The van der Waals surface area contributed by atoms with E-state index in [9.17, 15) is 4.39 Å². The van der Waals surface area contributed by atoms with Crippen LogP contribution in [0, 0.1) is 5.82 Å². The third-order valence-corrected chi connectivity index (χ3v) is 3.56. The second-order valence-electron chi connectivity index (χ2n) is 4.29. The molecule has 21 heavy (non-hydrogen) atoms. The topological polar surface area (TPSA) is 30.5 Å². The molecule has 112 valence electrons. The van der Waals surface area contributed by atoms with Crippen LogP contribution in [-0.2, 0) is 6.54 Å². The van der Waals surface area contributed by atoms with Gasteiger partial charge in [-0.25, -0.2) is 4.39 Å².